The third-order valence-corrected chi connectivity index (χ3v) is 21.7. The van der Waals surface area contributed by atoms with Crippen LogP contribution >= 0.6 is 24.1 Å². The quantitative estimate of drug-likeness (QED) is 0.0269. The molecule has 0 amide bonds. The average molecular weight is 1220 g/mol. The van der Waals surface area contributed by atoms with Crippen LogP contribution < -0.4 is 19.8 Å². The Kier molecular flexibility index (Phi) is 20.2. The predicted octanol–water partition coefficient (Wildman–Crippen LogP) is 14.4. The predicted molar refractivity (Wildman–Crippen MR) is 351 cm³/mol. The van der Waals surface area contributed by atoms with Gasteiger partial charge in [0, 0.05) is 90.2 Å². The molecule has 6 aromatic heterocycles. The molecular weight excluding hydrogens is 1150 g/mol. The van der Waals surface area contributed by atoms with Crippen molar-refractivity contribution >= 4 is 66.3 Å². The summed E-state index contributed by atoms with van der Waals surface area (Å²) < 4.78 is 27.3. The second-order valence-electron chi connectivity index (χ2n) is 22.4. The van der Waals surface area contributed by atoms with Crippen LogP contribution in [0, 0.1) is 0 Å². The number of aromatic amines is 1. The fourth-order valence-corrected chi connectivity index (χ4v) is 17.6. The van der Waals surface area contributed by atoms with Crippen LogP contribution in [0.5, 0.6) is 0 Å². The summed E-state index contributed by atoms with van der Waals surface area (Å²) in [4.78, 5) is 27.3. The highest BCUT2D eigenvalue weighted by atomic mass is 32.2. The fourth-order valence-electron chi connectivity index (χ4n) is 12.1. The fraction of sp³-hybridized carbons (Fsp3) is 0.265. The highest BCUT2D eigenvalue weighted by Gasteiger charge is 2.39. The standard InChI is InChI=1S/C39H33N5O3S.C20H19N5O3S.C9H22Si/c1-5-13-31(14-6-1)39(32-15-7-2-8-16-32,33-17-9-3-10-18-33)44-28-30(26-41-44)37-29-43(46-47-48-35-19-11-4-12-20-35)38-36(37)25-34(27-40-38)42-21-23-45-24-22-42;1-2-4-17(5-3-1)29-28-27-25-14-19(15-11-22-23-12-15)18-10-16(13-21-20(18)25)24-6-8-26-9-7-24;1-7(2)10(8(3)4)9(5)6/h1-20,25-29H,21-24H2;1-5,10-14H,6-9H2,(H,22,23);7-10H,1-6H3. The minimum Gasteiger partial charge on any atom is -0.378 e. The third kappa shape index (κ3) is 14.2. The van der Waals surface area contributed by atoms with Crippen LogP contribution in [0.4, 0.5) is 11.4 Å². The highest BCUT2D eigenvalue weighted by molar-refractivity contribution is 7.94. The van der Waals surface area contributed by atoms with Crippen molar-refractivity contribution in [3.05, 3.63) is 230 Å². The Hall–Kier alpha value is -8.14. The van der Waals surface area contributed by atoms with Gasteiger partial charge in [-0.05, 0) is 53.1 Å². The number of nitrogens with zero attached hydrogens (tertiary/aromatic N) is 9. The van der Waals surface area contributed by atoms with Gasteiger partial charge in [-0.15, -0.1) is 9.46 Å². The first kappa shape index (κ1) is 60.5. The molecule has 448 valence electrons. The Morgan fingerprint density at radius 3 is 1.28 bits per heavy atom. The molecule has 2 saturated heterocycles. The summed E-state index contributed by atoms with van der Waals surface area (Å²) in [7, 11) is -0.454. The van der Waals surface area contributed by atoms with Crippen molar-refractivity contribution in [3.63, 3.8) is 0 Å². The Balaban J connectivity index is 0.000000169. The van der Waals surface area contributed by atoms with Gasteiger partial charge in [-0.3, -0.25) is 9.78 Å². The molecule has 11 aromatic rings. The summed E-state index contributed by atoms with van der Waals surface area (Å²) >= 11 is 2.29. The molecule has 0 spiro atoms. The molecule has 1 N–H and O–H groups in total. The van der Waals surface area contributed by atoms with E-state index in [0.29, 0.717) is 24.5 Å². The van der Waals surface area contributed by atoms with Gasteiger partial charge in [-0.1, -0.05) is 194 Å². The summed E-state index contributed by atoms with van der Waals surface area (Å²) in [6.07, 6.45) is 15.2. The third-order valence-electron chi connectivity index (χ3n) is 15.8. The lowest BCUT2D eigenvalue weighted by Crippen LogP contribution is -2.38. The molecule has 0 radical (unpaired) electrons. The van der Waals surface area contributed by atoms with E-state index in [1.807, 2.05) is 116 Å². The van der Waals surface area contributed by atoms with E-state index in [0.717, 1.165) is 151 Å². The minimum absolute atomic E-state index is 0.454. The van der Waals surface area contributed by atoms with Gasteiger partial charge in [0.05, 0.1) is 99.1 Å². The van der Waals surface area contributed by atoms with E-state index in [9.17, 15) is 0 Å². The molecule has 0 bridgehead atoms. The maximum atomic E-state index is 5.85. The number of hydrogen-bond donors (Lipinski definition) is 1. The van der Waals surface area contributed by atoms with Gasteiger partial charge in [0.15, 0.2) is 11.3 Å². The Morgan fingerprint density at radius 1 is 0.494 bits per heavy atom. The van der Waals surface area contributed by atoms with Gasteiger partial charge in [0.2, 0.25) is 0 Å². The molecule has 87 heavy (non-hydrogen) atoms. The number of hydrogen-bond acceptors (Lipinski definition) is 14. The van der Waals surface area contributed by atoms with Crippen LogP contribution in [-0.2, 0) is 23.7 Å². The number of aromatic nitrogens is 8. The Morgan fingerprint density at radius 2 is 0.897 bits per heavy atom. The lowest BCUT2D eigenvalue weighted by molar-refractivity contribution is -0.188. The lowest BCUT2D eigenvalue weighted by Gasteiger charge is -2.36. The van der Waals surface area contributed by atoms with Gasteiger partial charge in [0.1, 0.15) is 5.54 Å². The first-order valence-corrected chi connectivity index (χ1v) is 33.2. The van der Waals surface area contributed by atoms with E-state index in [1.54, 1.807) is 10.9 Å². The molecule has 0 unspecified atom stereocenters. The lowest BCUT2D eigenvalue weighted by atomic mass is 9.77. The maximum Gasteiger partial charge on any atom is 0.179 e. The van der Waals surface area contributed by atoms with Crippen molar-refractivity contribution in [2.75, 3.05) is 62.4 Å². The molecule has 0 saturated carbocycles. The smallest absolute Gasteiger partial charge is 0.179 e. The first-order chi connectivity index (χ1) is 42.6. The molecule has 2 aliphatic heterocycles. The summed E-state index contributed by atoms with van der Waals surface area (Å²) in [6, 6.07) is 55.5. The summed E-state index contributed by atoms with van der Waals surface area (Å²) in [5, 5.41) is 13.9. The number of rotatable bonds is 19. The molecule has 8 heterocycles. The van der Waals surface area contributed by atoms with Crippen LogP contribution in [0.2, 0.25) is 16.6 Å². The number of pyridine rings is 2. The van der Waals surface area contributed by atoms with Gasteiger partial charge in [-0.25, -0.2) is 19.9 Å². The molecule has 5 aromatic carbocycles. The number of morpholine rings is 2. The SMILES string of the molecule is CC(C)[SiH](C(C)C)C(C)C.c1ccc(SOOn2cc(-c3cn[nH]c3)c3cc(N4CCOCC4)cnc32)cc1.c1ccc(SOOn2cc(-c3cnn(C(c4ccccc4)(c4ccccc4)c4ccccc4)c3)c3cc(N4CCOCC4)cnc32)cc1. The van der Waals surface area contributed by atoms with Gasteiger partial charge >= 0.3 is 0 Å². The van der Waals surface area contributed by atoms with Crippen molar-refractivity contribution in [1.82, 2.24) is 39.4 Å². The van der Waals surface area contributed by atoms with Crippen LogP contribution in [-0.4, -0.2) is 101 Å². The minimum atomic E-state index is -0.733. The van der Waals surface area contributed by atoms with E-state index in [1.165, 1.54) is 4.73 Å². The number of fused-ring (bicyclic) bond motifs is 2. The van der Waals surface area contributed by atoms with E-state index >= 15 is 0 Å². The summed E-state index contributed by atoms with van der Waals surface area (Å²) in [6.45, 7) is 20.5. The number of nitrogens with one attached hydrogen (secondary N) is 1. The van der Waals surface area contributed by atoms with E-state index < -0.39 is 14.3 Å². The molecular formula is C68H74N10O6S2Si. The zero-order valence-corrected chi connectivity index (χ0v) is 52.8. The molecule has 0 atom stereocenters. The molecule has 16 nitrogen and oxygen atoms in total. The number of H-pyrrole nitrogens is 1. The van der Waals surface area contributed by atoms with Crippen molar-refractivity contribution in [2.24, 2.45) is 0 Å². The largest absolute Gasteiger partial charge is 0.378 e. The average Bonchev–Trinajstić information content (AvgIpc) is 1.90. The highest BCUT2D eigenvalue weighted by Crippen LogP contribution is 2.42. The van der Waals surface area contributed by atoms with Crippen molar-refractivity contribution in [2.45, 2.75) is 73.5 Å². The number of ether oxygens (including phenoxy) is 2. The van der Waals surface area contributed by atoms with Gasteiger partial charge in [0.25, 0.3) is 0 Å². The van der Waals surface area contributed by atoms with Gasteiger partial charge < -0.3 is 19.3 Å². The van der Waals surface area contributed by atoms with Crippen molar-refractivity contribution in [1.29, 1.82) is 0 Å². The van der Waals surface area contributed by atoms with E-state index in [4.69, 9.17) is 38.2 Å². The van der Waals surface area contributed by atoms with E-state index in [2.05, 4.69) is 162 Å². The zero-order valence-electron chi connectivity index (χ0n) is 50.0. The molecule has 0 aliphatic carbocycles. The molecule has 2 aliphatic rings. The zero-order chi connectivity index (χ0) is 60.0. The normalized spacial score (nSPS) is 13.7. The van der Waals surface area contributed by atoms with Crippen molar-refractivity contribution in [3.8, 4) is 22.3 Å². The van der Waals surface area contributed by atoms with Gasteiger partial charge in [-0.2, -0.15) is 10.2 Å². The van der Waals surface area contributed by atoms with E-state index in [-0.39, 0.29) is 0 Å². The maximum absolute atomic E-state index is 5.85. The molecule has 19 heteroatoms. The monoisotopic (exact) mass is 1220 g/mol. The second kappa shape index (κ2) is 29.0. The summed E-state index contributed by atoms with van der Waals surface area (Å²) in [5.74, 6) is 0. The first-order valence-electron chi connectivity index (χ1n) is 29.7. The summed E-state index contributed by atoms with van der Waals surface area (Å²) in [5.41, 5.74) is 12.7. The molecule has 2 fully saturated rings. The Bertz CT molecular complexity index is 3750. The number of benzene rings is 5. The second-order valence-corrected chi connectivity index (χ2v) is 29.1. The van der Waals surface area contributed by atoms with Crippen LogP contribution in [0.3, 0.4) is 0 Å². The number of anilines is 2. The van der Waals surface area contributed by atoms with Crippen LogP contribution in [0.25, 0.3) is 44.3 Å². The topological polar surface area (TPSA) is 144 Å². The van der Waals surface area contributed by atoms with Crippen LogP contribution in [0.1, 0.15) is 58.2 Å². The van der Waals surface area contributed by atoms with Crippen molar-refractivity contribution < 1.29 is 28.1 Å². The van der Waals surface area contributed by atoms with Crippen LogP contribution in [0.15, 0.2) is 223 Å². The Labute approximate surface area is 519 Å². The molecule has 13 rings (SSSR count).